The first-order valence-corrected chi connectivity index (χ1v) is 25.9. The van der Waals surface area contributed by atoms with Gasteiger partial charge in [-0.3, -0.25) is 0 Å². The Morgan fingerprint density at radius 1 is 0.478 bits per heavy atom. The fraction of sp³-hybridized carbons (Fsp3) is 0.290. The van der Waals surface area contributed by atoms with Crippen LogP contribution in [0.15, 0.2) is 143 Å². The maximum absolute atomic E-state index is 2.69. The molecule has 4 aliphatic rings. The molecule has 1 aromatic heterocycles. The predicted octanol–water partition coefficient (Wildman–Crippen LogP) is 16.0. The molecule has 0 saturated carbocycles. The first kappa shape index (κ1) is 42.8. The number of thiophene rings is 1. The molecular weight excluding hydrogens is 848 g/mol. The molecule has 0 amide bonds. The SMILES string of the molecule is CC(C)(C)c1ccc(N2c3ccc(C(C)(C)C)cc3B3c4sc5cc6c(cc5c4N(c4ccc(C(C)(C)C)cc4)c4cc5c(c2c43)Sc2ccccc2C5(C)C)-c2ccccc2C6(C)C)cc1. The van der Waals surface area contributed by atoms with Crippen molar-refractivity contribution in [2.75, 3.05) is 9.80 Å². The summed E-state index contributed by atoms with van der Waals surface area (Å²) in [5.74, 6) is 0. The quantitative estimate of drug-likeness (QED) is 0.160. The highest BCUT2D eigenvalue weighted by atomic mass is 32.2. The number of benzene rings is 7. The molecule has 0 fully saturated rings. The Morgan fingerprint density at radius 2 is 1.03 bits per heavy atom. The van der Waals surface area contributed by atoms with Crippen LogP contribution >= 0.6 is 23.1 Å². The maximum atomic E-state index is 2.69. The number of rotatable bonds is 2. The van der Waals surface area contributed by atoms with Crippen molar-refractivity contribution < 1.29 is 0 Å². The largest absolute Gasteiger partial charge is 0.310 e. The lowest BCUT2D eigenvalue weighted by Gasteiger charge is -2.47. The van der Waals surface area contributed by atoms with Crippen molar-refractivity contribution in [1.82, 2.24) is 0 Å². The van der Waals surface area contributed by atoms with Crippen LogP contribution in [0.3, 0.4) is 0 Å². The minimum atomic E-state index is -0.259. The molecule has 5 heteroatoms. The van der Waals surface area contributed by atoms with E-state index in [1.165, 1.54) is 120 Å². The smallest absolute Gasteiger partial charge is 0.264 e. The maximum Gasteiger partial charge on any atom is 0.264 e. The number of nitrogens with zero attached hydrogens (tertiary/aromatic N) is 2. The van der Waals surface area contributed by atoms with E-state index in [-0.39, 0.29) is 33.8 Å². The third-order valence-corrected chi connectivity index (χ3v) is 18.2. The molecule has 7 aromatic carbocycles. The van der Waals surface area contributed by atoms with Gasteiger partial charge in [0.1, 0.15) is 0 Å². The monoisotopic (exact) mass is 908 g/mol. The Kier molecular flexibility index (Phi) is 8.98. The normalized spacial score (nSPS) is 16.2. The molecular formula is C62H61BN2S2. The predicted molar refractivity (Wildman–Crippen MR) is 292 cm³/mol. The lowest BCUT2D eigenvalue weighted by molar-refractivity contribution is 0.590. The van der Waals surface area contributed by atoms with Gasteiger partial charge in [0.2, 0.25) is 0 Å². The van der Waals surface area contributed by atoms with Gasteiger partial charge in [-0.2, -0.15) is 0 Å². The molecule has 0 saturated heterocycles. The van der Waals surface area contributed by atoms with Crippen LogP contribution in [0.5, 0.6) is 0 Å². The molecule has 3 aliphatic heterocycles. The van der Waals surface area contributed by atoms with Crippen LogP contribution in [0.25, 0.3) is 21.2 Å². The summed E-state index contributed by atoms with van der Waals surface area (Å²) in [6, 6.07) is 52.5. The average molecular weight is 909 g/mol. The van der Waals surface area contributed by atoms with E-state index in [4.69, 9.17) is 0 Å². The van der Waals surface area contributed by atoms with Crippen molar-refractivity contribution >= 4 is 89.7 Å². The molecule has 2 nitrogen and oxygen atoms in total. The molecule has 12 rings (SSSR count). The van der Waals surface area contributed by atoms with E-state index < -0.39 is 0 Å². The van der Waals surface area contributed by atoms with E-state index in [0.717, 1.165) is 0 Å². The summed E-state index contributed by atoms with van der Waals surface area (Å²) in [4.78, 5) is 8.06. The van der Waals surface area contributed by atoms with Gasteiger partial charge in [0, 0.05) is 58.2 Å². The van der Waals surface area contributed by atoms with Crippen LogP contribution in [0, 0.1) is 0 Å². The molecule has 8 aromatic rings. The number of hydrogen-bond acceptors (Lipinski definition) is 4. The molecule has 0 atom stereocenters. The van der Waals surface area contributed by atoms with Crippen LogP contribution < -0.4 is 25.5 Å². The van der Waals surface area contributed by atoms with Crippen molar-refractivity contribution in [3.05, 3.63) is 172 Å². The zero-order valence-electron chi connectivity index (χ0n) is 41.5. The summed E-state index contributed by atoms with van der Waals surface area (Å²) in [7, 11) is 0. The molecule has 0 unspecified atom stereocenters. The molecule has 1 aliphatic carbocycles. The first-order valence-electron chi connectivity index (χ1n) is 24.3. The number of anilines is 6. The second-order valence-electron chi connectivity index (χ2n) is 23.9. The summed E-state index contributed by atoms with van der Waals surface area (Å²) in [5, 5.41) is 1.34. The van der Waals surface area contributed by atoms with E-state index in [1.54, 1.807) is 0 Å². The van der Waals surface area contributed by atoms with Gasteiger partial charge >= 0.3 is 0 Å². The Labute approximate surface area is 407 Å². The molecule has 4 heterocycles. The summed E-state index contributed by atoms with van der Waals surface area (Å²) in [6.45, 7) is 30.8. The van der Waals surface area contributed by atoms with Gasteiger partial charge in [-0.1, -0.05) is 181 Å². The minimum Gasteiger partial charge on any atom is -0.310 e. The van der Waals surface area contributed by atoms with Crippen LogP contribution in [-0.2, 0) is 27.1 Å². The second kappa shape index (κ2) is 14.0. The van der Waals surface area contributed by atoms with Crippen LogP contribution in [0.2, 0.25) is 0 Å². The zero-order valence-corrected chi connectivity index (χ0v) is 43.1. The van der Waals surface area contributed by atoms with Crippen LogP contribution in [-0.4, -0.2) is 6.71 Å². The van der Waals surface area contributed by atoms with Gasteiger partial charge in [-0.15, -0.1) is 11.3 Å². The average Bonchev–Trinajstić information content (AvgIpc) is 3.76. The van der Waals surface area contributed by atoms with Gasteiger partial charge in [0.15, 0.2) is 0 Å². The Morgan fingerprint density at radius 3 is 1.66 bits per heavy atom. The highest BCUT2D eigenvalue weighted by Gasteiger charge is 2.50. The third-order valence-electron chi connectivity index (χ3n) is 15.8. The fourth-order valence-corrected chi connectivity index (χ4v) is 14.7. The van der Waals surface area contributed by atoms with Gasteiger partial charge < -0.3 is 9.80 Å². The fourth-order valence-electron chi connectivity index (χ4n) is 11.8. The van der Waals surface area contributed by atoms with Crippen molar-refractivity contribution in [1.29, 1.82) is 0 Å². The zero-order chi connectivity index (χ0) is 46.9. The van der Waals surface area contributed by atoms with E-state index >= 15 is 0 Å². The summed E-state index contributed by atoms with van der Waals surface area (Å²) in [6.07, 6.45) is 0. The highest BCUT2D eigenvalue weighted by Crippen LogP contribution is 2.59. The minimum absolute atomic E-state index is 0.0196. The third kappa shape index (κ3) is 6.15. The summed E-state index contributed by atoms with van der Waals surface area (Å²) in [5.41, 5.74) is 22.5. The van der Waals surface area contributed by atoms with E-state index in [2.05, 4.69) is 233 Å². The highest BCUT2D eigenvalue weighted by molar-refractivity contribution is 7.99. The number of hydrogen-bond donors (Lipinski definition) is 0. The van der Waals surface area contributed by atoms with Crippen molar-refractivity contribution in [3.63, 3.8) is 0 Å². The molecule has 0 spiro atoms. The lowest BCUT2D eigenvalue weighted by atomic mass is 9.36. The van der Waals surface area contributed by atoms with E-state index in [1.807, 2.05) is 23.1 Å². The standard InChI is InChI=1S/C62H61BN2S2/c1-58(2,3)36-22-27-39(28-23-36)64-49-31-26-38(60(7,8)9)32-48(49)63-53-50(34-47-56(55(53)64)66-51-21-17-16-20-45(51)62(47,12)13)65(40-29-24-37(25-30-40)59(4,5)6)54-43-33-42-41-18-14-15-19-44(41)61(10,11)46(42)35-52(43)67-57(54)63/h14-35H,1-13H3. The summed E-state index contributed by atoms with van der Waals surface area (Å²) < 4.78 is 2.78. The second-order valence-corrected chi connectivity index (χ2v) is 26.0. The van der Waals surface area contributed by atoms with Crippen molar-refractivity contribution in [2.45, 2.75) is 127 Å². The van der Waals surface area contributed by atoms with E-state index in [0.29, 0.717) is 0 Å². The van der Waals surface area contributed by atoms with Gasteiger partial charge in [-0.05, 0) is 132 Å². The van der Waals surface area contributed by atoms with Gasteiger partial charge in [-0.25, -0.2) is 0 Å². The van der Waals surface area contributed by atoms with Crippen LogP contribution in [0.4, 0.5) is 34.1 Å². The molecule has 334 valence electrons. The molecule has 0 bridgehead atoms. The molecule has 0 radical (unpaired) electrons. The topological polar surface area (TPSA) is 6.48 Å². The Bertz CT molecular complexity index is 3390. The Balaban J connectivity index is 1.24. The molecule has 67 heavy (non-hydrogen) atoms. The van der Waals surface area contributed by atoms with Crippen molar-refractivity contribution in [3.8, 4) is 11.1 Å². The van der Waals surface area contributed by atoms with Gasteiger partial charge in [0.25, 0.3) is 6.71 Å². The number of fused-ring (bicyclic) bond motifs is 12. The molecule has 0 N–H and O–H groups in total. The lowest BCUT2D eigenvalue weighted by Crippen LogP contribution is -2.61. The van der Waals surface area contributed by atoms with E-state index in [9.17, 15) is 0 Å². The first-order chi connectivity index (χ1) is 31.6. The van der Waals surface area contributed by atoms with Gasteiger partial charge in [0.05, 0.1) is 11.4 Å². The summed E-state index contributed by atoms with van der Waals surface area (Å²) >= 11 is 4.00. The Hall–Kier alpha value is -5.49. The van der Waals surface area contributed by atoms with Crippen molar-refractivity contribution in [2.24, 2.45) is 0 Å². The van der Waals surface area contributed by atoms with Crippen LogP contribution in [0.1, 0.15) is 129 Å².